The highest BCUT2D eigenvalue weighted by Gasteiger charge is 2.43. The molecule has 0 aromatic heterocycles. The highest BCUT2D eigenvalue weighted by atomic mass is 35.5. The van der Waals surface area contributed by atoms with Crippen LogP contribution < -0.4 is 10.6 Å². The molecule has 116 valence electrons. The molecule has 0 aliphatic carbocycles. The summed E-state index contributed by atoms with van der Waals surface area (Å²) in [5, 5.41) is 0.389. The summed E-state index contributed by atoms with van der Waals surface area (Å²) in [6.07, 6.45) is 0.0931. The van der Waals surface area contributed by atoms with Crippen molar-refractivity contribution in [3.63, 3.8) is 0 Å². The summed E-state index contributed by atoms with van der Waals surface area (Å²) in [7, 11) is 0. The molecule has 2 N–H and O–H groups in total. The van der Waals surface area contributed by atoms with Gasteiger partial charge in [-0.3, -0.25) is 9.59 Å². The van der Waals surface area contributed by atoms with Gasteiger partial charge in [-0.15, -0.1) is 0 Å². The van der Waals surface area contributed by atoms with Crippen LogP contribution in [0.25, 0.3) is 0 Å². The van der Waals surface area contributed by atoms with Crippen LogP contribution in [-0.2, 0) is 16.0 Å². The minimum atomic E-state index is -1.06. The van der Waals surface area contributed by atoms with Gasteiger partial charge in [-0.05, 0) is 29.3 Å². The van der Waals surface area contributed by atoms with Gasteiger partial charge in [0.25, 0.3) is 0 Å². The monoisotopic (exact) mass is 328 g/mol. The lowest BCUT2D eigenvalue weighted by Gasteiger charge is -2.12. The third kappa shape index (κ3) is 2.71. The largest absolute Gasteiger partial charge is 0.351 e. The Kier molecular flexibility index (Phi) is 3.88. The maximum Gasteiger partial charge on any atom is 0.326 e. The second-order valence-electron chi connectivity index (χ2n) is 5.28. The zero-order valence-corrected chi connectivity index (χ0v) is 12.8. The van der Waals surface area contributed by atoms with Crippen LogP contribution in [0, 0.1) is 0 Å². The molecule has 0 radical (unpaired) electrons. The maximum absolute atomic E-state index is 12.6. The molecule has 1 atom stereocenters. The van der Waals surface area contributed by atoms with Gasteiger partial charge < -0.3 is 5.73 Å². The molecule has 6 heteroatoms. The Morgan fingerprint density at radius 3 is 2.48 bits per heavy atom. The van der Waals surface area contributed by atoms with Crippen molar-refractivity contribution in [2.45, 2.75) is 12.3 Å². The van der Waals surface area contributed by atoms with E-state index in [2.05, 4.69) is 0 Å². The van der Waals surface area contributed by atoms with Gasteiger partial charge in [-0.1, -0.05) is 41.9 Å². The minimum absolute atomic E-state index is 0.0931. The average Bonchev–Trinajstić information content (AvgIpc) is 2.79. The van der Waals surface area contributed by atoms with Crippen molar-refractivity contribution < 1.29 is 14.4 Å². The normalized spacial score (nSPS) is 16.3. The number of Topliss-reactive ketones (excluding diaryl/α,β-unsaturated/α-hetero) is 1. The number of nitrogens with two attached hydrogens (primary N) is 1. The van der Waals surface area contributed by atoms with Crippen LogP contribution >= 0.6 is 11.6 Å². The van der Waals surface area contributed by atoms with E-state index in [9.17, 15) is 14.4 Å². The molecule has 3 amide bonds. The second-order valence-corrected chi connectivity index (χ2v) is 5.71. The van der Waals surface area contributed by atoms with Crippen LogP contribution in [0.3, 0.4) is 0 Å². The number of primary amides is 1. The lowest BCUT2D eigenvalue weighted by molar-refractivity contribution is -0.127. The molecule has 1 aliphatic rings. The van der Waals surface area contributed by atoms with Crippen molar-refractivity contribution in [2.75, 3.05) is 4.90 Å². The van der Waals surface area contributed by atoms with E-state index in [0.29, 0.717) is 16.3 Å². The number of hydrogen-bond donors (Lipinski definition) is 1. The van der Waals surface area contributed by atoms with E-state index in [1.165, 1.54) is 12.1 Å². The predicted octanol–water partition coefficient (Wildman–Crippen LogP) is 2.66. The Bertz CT molecular complexity index is 805. The first-order valence-electron chi connectivity index (χ1n) is 6.98. The Balaban J connectivity index is 1.99. The van der Waals surface area contributed by atoms with Crippen LogP contribution in [-0.4, -0.2) is 17.7 Å². The Hall–Kier alpha value is -2.66. The number of carbonyl (C=O) groups is 3. The van der Waals surface area contributed by atoms with Crippen molar-refractivity contribution in [3.8, 4) is 0 Å². The Labute approximate surface area is 137 Å². The number of amides is 3. The molecule has 0 saturated carbocycles. The molecule has 23 heavy (non-hydrogen) atoms. The van der Waals surface area contributed by atoms with E-state index in [4.69, 9.17) is 17.3 Å². The lowest BCUT2D eigenvalue weighted by atomic mass is 9.92. The molecule has 1 aliphatic heterocycles. The van der Waals surface area contributed by atoms with Crippen molar-refractivity contribution in [3.05, 3.63) is 64.7 Å². The lowest BCUT2D eigenvalue weighted by Crippen LogP contribution is -2.40. The van der Waals surface area contributed by atoms with E-state index >= 15 is 0 Å². The highest BCUT2D eigenvalue weighted by molar-refractivity contribution is 6.32. The fraction of sp³-hybridized carbons (Fsp3) is 0.118. The summed E-state index contributed by atoms with van der Waals surface area (Å²) < 4.78 is 0. The second kappa shape index (κ2) is 5.85. The number of imide groups is 1. The Morgan fingerprint density at radius 1 is 1.13 bits per heavy atom. The van der Waals surface area contributed by atoms with Crippen LogP contribution in [0.1, 0.15) is 17.0 Å². The number of rotatable bonds is 3. The fourth-order valence-electron chi connectivity index (χ4n) is 2.78. The van der Waals surface area contributed by atoms with Crippen molar-refractivity contribution in [1.29, 1.82) is 0 Å². The van der Waals surface area contributed by atoms with E-state index in [1.807, 2.05) is 30.3 Å². The van der Waals surface area contributed by atoms with Crippen LogP contribution in [0.5, 0.6) is 0 Å². The van der Waals surface area contributed by atoms with Gasteiger partial charge in [0, 0.05) is 11.4 Å². The minimum Gasteiger partial charge on any atom is -0.351 e. The number of anilines is 1. The third-order valence-corrected chi connectivity index (χ3v) is 4.01. The summed E-state index contributed by atoms with van der Waals surface area (Å²) >= 11 is 5.97. The molecule has 1 heterocycles. The van der Waals surface area contributed by atoms with E-state index in [0.717, 1.165) is 10.5 Å². The van der Waals surface area contributed by atoms with Crippen molar-refractivity contribution >= 4 is 35.0 Å². The first-order valence-corrected chi connectivity index (χ1v) is 7.36. The smallest absolute Gasteiger partial charge is 0.326 e. The maximum atomic E-state index is 12.6. The van der Waals surface area contributed by atoms with E-state index in [-0.39, 0.29) is 12.2 Å². The molecule has 2 aromatic carbocycles. The standard InChI is InChI=1S/C17H13ClN2O3/c18-11-6-7-13-12(9-11)15(16(22)20(13)17(19)23)14(21)8-10-4-2-1-3-5-10/h1-7,9,15H,8H2,(H2,19,23). The molecule has 2 aromatic rings. The van der Waals surface area contributed by atoms with Gasteiger partial charge in [0.1, 0.15) is 5.92 Å². The summed E-state index contributed by atoms with van der Waals surface area (Å²) in [6, 6.07) is 12.8. The summed E-state index contributed by atoms with van der Waals surface area (Å²) in [4.78, 5) is 37.5. The van der Waals surface area contributed by atoms with Gasteiger partial charge in [0.2, 0.25) is 5.91 Å². The fourth-order valence-corrected chi connectivity index (χ4v) is 2.96. The first kappa shape index (κ1) is 15.2. The molecule has 0 spiro atoms. The molecule has 1 unspecified atom stereocenters. The van der Waals surface area contributed by atoms with Crippen LogP contribution in [0.2, 0.25) is 5.02 Å². The van der Waals surface area contributed by atoms with Gasteiger partial charge in [-0.25, -0.2) is 9.69 Å². The molecule has 0 saturated heterocycles. The average molecular weight is 329 g/mol. The van der Waals surface area contributed by atoms with Gasteiger partial charge >= 0.3 is 6.03 Å². The van der Waals surface area contributed by atoms with Gasteiger partial charge in [0.15, 0.2) is 5.78 Å². The number of carbonyl (C=O) groups excluding carboxylic acids is 3. The quantitative estimate of drug-likeness (QED) is 0.879. The molecule has 0 fully saturated rings. The molecule has 0 bridgehead atoms. The highest BCUT2D eigenvalue weighted by Crippen LogP contribution is 2.39. The van der Waals surface area contributed by atoms with Crippen LogP contribution in [0.15, 0.2) is 48.5 Å². The zero-order valence-electron chi connectivity index (χ0n) is 12.0. The molecule has 5 nitrogen and oxygen atoms in total. The molecular formula is C17H13ClN2O3. The number of ketones is 1. The topological polar surface area (TPSA) is 80.5 Å². The summed E-state index contributed by atoms with van der Waals surface area (Å²) in [6.45, 7) is 0. The van der Waals surface area contributed by atoms with Crippen LogP contribution in [0.4, 0.5) is 10.5 Å². The number of fused-ring (bicyclic) bond motifs is 1. The number of nitrogens with zero attached hydrogens (tertiary/aromatic N) is 1. The van der Waals surface area contributed by atoms with E-state index < -0.39 is 17.9 Å². The SMILES string of the molecule is NC(=O)N1C(=O)C(C(=O)Cc2ccccc2)c2cc(Cl)ccc21. The number of hydrogen-bond acceptors (Lipinski definition) is 3. The third-order valence-electron chi connectivity index (χ3n) is 3.77. The number of urea groups is 1. The van der Waals surface area contributed by atoms with Crippen molar-refractivity contribution in [2.24, 2.45) is 5.73 Å². The zero-order chi connectivity index (χ0) is 16.6. The summed E-state index contributed by atoms with van der Waals surface area (Å²) in [5.41, 5.74) is 6.81. The number of benzene rings is 2. The van der Waals surface area contributed by atoms with Gasteiger partial charge in [0.05, 0.1) is 5.69 Å². The Morgan fingerprint density at radius 2 is 1.83 bits per heavy atom. The molecule has 3 rings (SSSR count). The number of halogens is 1. The van der Waals surface area contributed by atoms with Crippen molar-refractivity contribution in [1.82, 2.24) is 0 Å². The predicted molar refractivity (Wildman–Crippen MR) is 86.4 cm³/mol. The van der Waals surface area contributed by atoms with Gasteiger partial charge in [-0.2, -0.15) is 0 Å². The molecular weight excluding hydrogens is 316 g/mol. The summed E-state index contributed by atoms with van der Waals surface area (Å²) in [5.74, 6) is -1.99. The first-order chi connectivity index (χ1) is 11.0. The van der Waals surface area contributed by atoms with E-state index in [1.54, 1.807) is 6.07 Å².